The van der Waals surface area contributed by atoms with E-state index in [0.29, 0.717) is 17.9 Å². The third-order valence-corrected chi connectivity index (χ3v) is 5.45. The molecule has 1 aromatic rings. The average molecular weight is 522 g/mol. The van der Waals surface area contributed by atoms with Crippen LogP contribution in [0.25, 0.3) is 0 Å². The van der Waals surface area contributed by atoms with Gasteiger partial charge in [0.15, 0.2) is 11.5 Å². The second-order valence-electron chi connectivity index (χ2n) is 10.7. The Kier molecular flexibility index (Phi) is 13.3. The van der Waals surface area contributed by atoms with Crippen molar-refractivity contribution < 1.29 is 38.1 Å². The Balaban J connectivity index is 3.11. The van der Waals surface area contributed by atoms with Crippen LogP contribution in [-0.2, 0) is 35.1 Å². The second-order valence-corrected chi connectivity index (χ2v) is 10.7. The number of rotatable bonds is 15. The van der Waals surface area contributed by atoms with Gasteiger partial charge in [0, 0.05) is 32.1 Å². The molecule has 1 rings (SSSR count). The highest BCUT2D eigenvalue weighted by molar-refractivity contribution is 5.81. The van der Waals surface area contributed by atoms with Crippen LogP contribution in [0.3, 0.4) is 0 Å². The summed E-state index contributed by atoms with van der Waals surface area (Å²) in [5.74, 6) is -1.26. The minimum Gasteiger partial charge on any atom is -0.468 e. The van der Waals surface area contributed by atoms with E-state index in [0.717, 1.165) is 0 Å². The molecule has 1 aromatic carbocycles. The lowest BCUT2D eigenvalue weighted by atomic mass is 9.88. The van der Waals surface area contributed by atoms with E-state index in [1.807, 2.05) is 41.5 Å². The quantitative estimate of drug-likeness (QED) is 0.264. The van der Waals surface area contributed by atoms with Crippen molar-refractivity contribution in [2.24, 2.45) is 23.5 Å². The molecule has 0 aliphatic heterocycles. The fourth-order valence-electron chi connectivity index (χ4n) is 3.48. The highest BCUT2D eigenvalue weighted by atomic mass is 16.6. The van der Waals surface area contributed by atoms with Crippen LogP contribution in [0.4, 0.5) is 0 Å². The van der Waals surface area contributed by atoms with Gasteiger partial charge in [-0.05, 0) is 41.9 Å². The van der Waals surface area contributed by atoms with Crippen LogP contribution in [0.15, 0.2) is 18.2 Å². The molecule has 0 saturated heterocycles. The first-order chi connectivity index (χ1) is 17.2. The van der Waals surface area contributed by atoms with Crippen molar-refractivity contribution >= 4 is 23.9 Å². The van der Waals surface area contributed by atoms with Gasteiger partial charge in [0.25, 0.3) is 0 Å². The number of esters is 4. The fourth-order valence-corrected chi connectivity index (χ4v) is 3.48. The molecule has 0 bridgehead atoms. The minimum atomic E-state index is -1.50. The van der Waals surface area contributed by atoms with Gasteiger partial charge in [0.2, 0.25) is 0 Å². The van der Waals surface area contributed by atoms with E-state index in [1.165, 1.54) is 19.2 Å². The van der Waals surface area contributed by atoms with Gasteiger partial charge in [-0.15, -0.1) is 0 Å². The molecule has 0 aromatic heterocycles. The molecular formula is C28H43NO8. The van der Waals surface area contributed by atoms with Crippen molar-refractivity contribution in [2.75, 3.05) is 13.7 Å². The summed E-state index contributed by atoms with van der Waals surface area (Å²) in [5, 5.41) is 0. The summed E-state index contributed by atoms with van der Waals surface area (Å²) in [6.07, 6.45) is 1.41. The molecule has 1 atom stereocenters. The number of carbonyl (C=O) groups excluding carboxylic acids is 4. The minimum absolute atomic E-state index is 0.0121. The Labute approximate surface area is 220 Å². The molecule has 0 aliphatic carbocycles. The summed E-state index contributed by atoms with van der Waals surface area (Å²) >= 11 is 0. The SMILES string of the molecule is COC(=O)[C@@](N)(CCOC(=O)CCC(C)C)Cc1ccc(OC(=O)CC(C)C)c(OC(=O)CC(C)C)c1. The fraction of sp³-hybridized carbons (Fsp3) is 0.643. The zero-order chi connectivity index (χ0) is 28.2. The third kappa shape index (κ3) is 12.2. The first-order valence-corrected chi connectivity index (χ1v) is 12.8. The largest absolute Gasteiger partial charge is 0.468 e. The maximum Gasteiger partial charge on any atom is 0.326 e. The van der Waals surface area contributed by atoms with Gasteiger partial charge in [0.05, 0.1) is 13.7 Å². The first-order valence-electron chi connectivity index (χ1n) is 12.8. The Bertz CT molecular complexity index is 925. The van der Waals surface area contributed by atoms with E-state index in [1.54, 1.807) is 6.07 Å². The smallest absolute Gasteiger partial charge is 0.326 e. The van der Waals surface area contributed by atoms with Gasteiger partial charge in [-0.1, -0.05) is 47.6 Å². The zero-order valence-electron chi connectivity index (χ0n) is 23.3. The predicted molar refractivity (Wildman–Crippen MR) is 139 cm³/mol. The molecule has 208 valence electrons. The average Bonchev–Trinajstić information content (AvgIpc) is 2.77. The lowest BCUT2D eigenvalue weighted by Gasteiger charge is -2.27. The molecule has 37 heavy (non-hydrogen) atoms. The van der Waals surface area contributed by atoms with Crippen LogP contribution >= 0.6 is 0 Å². The number of ether oxygens (including phenoxy) is 4. The number of nitrogens with two attached hydrogens (primary N) is 1. The highest BCUT2D eigenvalue weighted by Gasteiger charge is 2.36. The van der Waals surface area contributed by atoms with E-state index in [-0.39, 0.29) is 68.0 Å². The lowest BCUT2D eigenvalue weighted by Crippen LogP contribution is -2.51. The summed E-state index contributed by atoms with van der Waals surface area (Å²) in [4.78, 5) is 49.2. The van der Waals surface area contributed by atoms with Gasteiger partial charge in [-0.2, -0.15) is 0 Å². The summed E-state index contributed by atoms with van der Waals surface area (Å²) in [6, 6.07) is 4.67. The molecule has 0 heterocycles. The predicted octanol–water partition coefficient (Wildman–Crippen LogP) is 4.37. The standard InChI is InChI=1S/C28H43NO8/c1-18(2)8-11-24(30)35-13-12-28(29,27(33)34-7)17-21-9-10-22(36-25(31)14-19(3)4)23(16-21)37-26(32)15-20(5)6/h9-10,16,18-20H,8,11-15,17,29H2,1-7H3/t28-/m1/s1. The maximum atomic E-state index is 12.6. The van der Waals surface area contributed by atoms with Gasteiger partial charge in [-0.25, -0.2) is 0 Å². The normalized spacial score (nSPS) is 12.8. The van der Waals surface area contributed by atoms with Crippen molar-refractivity contribution in [3.05, 3.63) is 23.8 Å². The van der Waals surface area contributed by atoms with Crippen molar-refractivity contribution in [2.45, 2.75) is 85.6 Å². The summed E-state index contributed by atoms with van der Waals surface area (Å²) < 4.78 is 21.2. The number of hydrogen-bond acceptors (Lipinski definition) is 9. The van der Waals surface area contributed by atoms with Crippen LogP contribution in [0, 0.1) is 17.8 Å². The lowest BCUT2D eigenvalue weighted by molar-refractivity contribution is -0.151. The molecule has 9 heteroatoms. The van der Waals surface area contributed by atoms with Gasteiger partial charge in [0.1, 0.15) is 5.54 Å². The van der Waals surface area contributed by atoms with Gasteiger partial charge >= 0.3 is 23.9 Å². The van der Waals surface area contributed by atoms with Crippen molar-refractivity contribution in [3.8, 4) is 11.5 Å². The van der Waals surface area contributed by atoms with Crippen LogP contribution < -0.4 is 15.2 Å². The summed E-state index contributed by atoms with van der Waals surface area (Å²) in [5.41, 5.74) is 5.48. The molecular weight excluding hydrogens is 478 g/mol. The van der Waals surface area contributed by atoms with Crippen molar-refractivity contribution in [3.63, 3.8) is 0 Å². The Morgan fingerprint density at radius 2 is 1.41 bits per heavy atom. The highest BCUT2D eigenvalue weighted by Crippen LogP contribution is 2.31. The third-order valence-electron chi connectivity index (χ3n) is 5.45. The van der Waals surface area contributed by atoms with Crippen LogP contribution in [0.1, 0.15) is 79.2 Å². The van der Waals surface area contributed by atoms with E-state index < -0.39 is 23.4 Å². The van der Waals surface area contributed by atoms with Crippen molar-refractivity contribution in [1.29, 1.82) is 0 Å². The van der Waals surface area contributed by atoms with Crippen molar-refractivity contribution in [1.82, 2.24) is 0 Å². The maximum absolute atomic E-state index is 12.6. The first kappa shape index (κ1) is 32.1. The molecule has 0 unspecified atom stereocenters. The molecule has 0 saturated carbocycles. The Hall–Kier alpha value is -2.94. The number of methoxy groups -OCH3 is 1. The van der Waals surface area contributed by atoms with Crippen LogP contribution in [0.5, 0.6) is 11.5 Å². The molecule has 0 aliphatic rings. The second kappa shape index (κ2) is 15.3. The molecule has 0 radical (unpaired) electrons. The van der Waals surface area contributed by atoms with E-state index in [4.69, 9.17) is 24.7 Å². The van der Waals surface area contributed by atoms with E-state index >= 15 is 0 Å². The Morgan fingerprint density at radius 1 is 0.838 bits per heavy atom. The zero-order valence-corrected chi connectivity index (χ0v) is 23.3. The number of hydrogen-bond donors (Lipinski definition) is 1. The van der Waals surface area contributed by atoms with Gasteiger partial charge in [-0.3, -0.25) is 19.2 Å². The summed E-state index contributed by atoms with van der Waals surface area (Å²) in [6.45, 7) is 11.5. The van der Waals surface area contributed by atoms with E-state index in [9.17, 15) is 19.2 Å². The molecule has 0 amide bonds. The monoisotopic (exact) mass is 521 g/mol. The Morgan fingerprint density at radius 3 is 1.92 bits per heavy atom. The van der Waals surface area contributed by atoms with E-state index in [2.05, 4.69) is 0 Å². The van der Waals surface area contributed by atoms with Crippen LogP contribution in [0.2, 0.25) is 0 Å². The number of carbonyl (C=O) groups is 4. The van der Waals surface area contributed by atoms with Gasteiger partial charge < -0.3 is 24.7 Å². The molecule has 2 N–H and O–H groups in total. The molecule has 0 spiro atoms. The topological polar surface area (TPSA) is 131 Å². The molecule has 0 fully saturated rings. The molecule has 9 nitrogen and oxygen atoms in total. The van der Waals surface area contributed by atoms with Crippen LogP contribution in [-0.4, -0.2) is 43.1 Å². The summed E-state index contributed by atoms with van der Waals surface area (Å²) in [7, 11) is 1.23. The number of benzene rings is 1.